The van der Waals surface area contributed by atoms with Crippen LogP contribution in [0, 0.1) is 11.7 Å². The second kappa shape index (κ2) is 14.0. The Morgan fingerprint density at radius 3 is 2.12 bits per heavy atom. The predicted octanol–water partition coefficient (Wildman–Crippen LogP) is 5.31. The van der Waals surface area contributed by atoms with Crippen LogP contribution in [-0.2, 0) is 32.6 Å². The minimum atomic E-state index is -3.99. The van der Waals surface area contributed by atoms with E-state index in [1.165, 1.54) is 41.3 Å². The number of anilines is 1. The van der Waals surface area contributed by atoms with Gasteiger partial charge in [0.05, 0.1) is 11.9 Å². The van der Waals surface area contributed by atoms with E-state index in [4.69, 9.17) is 23.2 Å². The van der Waals surface area contributed by atoms with Gasteiger partial charge in [-0.2, -0.15) is 0 Å². The summed E-state index contributed by atoms with van der Waals surface area (Å²) in [6.07, 6.45) is 1.08. The molecule has 0 aliphatic carbocycles. The highest BCUT2D eigenvalue weighted by Crippen LogP contribution is 2.27. The van der Waals surface area contributed by atoms with E-state index in [9.17, 15) is 22.4 Å². The molecule has 0 radical (unpaired) electrons. The molecule has 0 saturated carbocycles. The molecule has 1 N–H and O–H groups in total. The van der Waals surface area contributed by atoms with Crippen LogP contribution in [-0.4, -0.2) is 50.5 Å². The molecule has 2 amide bonds. The molecule has 3 aromatic rings. The largest absolute Gasteiger partial charge is 0.354 e. The molecule has 3 aromatic carbocycles. The molecule has 40 heavy (non-hydrogen) atoms. The Morgan fingerprint density at radius 2 is 1.55 bits per heavy atom. The maximum atomic E-state index is 14.8. The van der Waals surface area contributed by atoms with Gasteiger partial charge in [-0.15, -0.1) is 0 Å². The van der Waals surface area contributed by atoms with Crippen molar-refractivity contribution in [2.75, 3.05) is 23.7 Å². The van der Waals surface area contributed by atoms with Gasteiger partial charge >= 0.3 is 0 Å². The van der Waals surface area contributed by atoms with Crippen molar-refractivity contribution in [3.63, 3.8) is 0 Å². The molecule has 214 valence electrons. The number of carbonyl (C=O) groups excluding carboxylic acids is 2. The minimum absolute atomic E-state index is 0.0862. The van der Waals surface area contributed by atoms with Gasteiger partial charge in [-0.25, -0.2) is 12.8 Å². The summed E-state index contributed by atoms with van der Waals surface area (Å²) < 4.78 is 41.3. The molecular formula is C29H32Cl2FN3O4S. The molecule has 0 saturated heterocycles. The van der Waals surface area contributed by atoms with Crippen molar-refractivity contribution in [2.45, 2.75) is 32.9 Å². The van der Waals surface area contributed by atoms with Crippen LogP contribution in [0.2, 0.25) is 10.0 Å². The van der Waals surface area contributed by atoms with Crippen molar-refractivity contribution >= 4 is 50.7 Å². The summed E-state index contributed by atoms with van der Waals surface area (Å²) in [5, 5.41) is 3.24. The van der Waals surface area contributed by atoms with Gasteiger partial charge in [0.15, 0.2) is 0 Å². The quantitative estimate of drug-likeness (QED) is 0.302. The van der Waals surface area contributed by atoms with E-state index < -0.39 is 40.2 Å². The van der Waals surface area contributed by atoms with Crippen LogP contribution >= 0.6 is 23.2 Å². The normalized spacial score (nSPS) is 12.2. The minimum Gasteiger partial charge on any atom is -0.354 e. The van der Waals surface area contributed by atoms with Crippen molar-refractivity contribution in [1.29, 1.82) is 0 Å². The Balaban J connectivity index is 2.07. The van der Waals surface area contributed by atoms with E-state index in [0.717, 1.165) is 16.1 Å². The zero-order valence-electron chi connectivity index (χ0n) is 22.5. The molecule has 11 heteroatoms. The number of amides is 2. The molecule has 0 fully saturated rings. The number of sulfonamides is 1. The smallest absolute Gasteiger partial charge is 0.244 e. The summed E-state index contributed by atoms with van der Waals surface area (Å²) in [5.74, 6) is -1.54. The number of hydrogen-bond donors (Lipinski definition) is 1. The summed E-state index contributed by atoms with van der Waals surface area (Å²) in [6.45, 7) is 3.32. The highest BCUT2D eigenvalue weighted by Gasteiger charge is 2.33. The molecule has 7 nitrogen and oxygen atoms in total. The molecule has 0 aliphatic heterocycles. The second-order valence-corrected chi connectivity index (χ2v) is 12.6. The standard InChI is InChI=1S/C29H32Cl2FN3O4S/c1-20(2)17-33-29(37)27(13-21-9-5-4-6-10-21)34(18-22-11-7-8-12-26(22)32)28(36)19-35(40(3,38)39)25-15-23(30)14-24(31)16-25/h4-12,14-16,20,27H,13,17-19H2,1-3H3,(H,33,37). The predicted molar refractivity (Wildman–Crippen MR) is 157 cm³/mol. The highest BCUT2D eigenvalue weighted by molar-refractivity contribution is 7.92. The van der Waals surface area contributed by atoms with Gasteiger partial charge in [-0.1, -0.05) is 85.6 Å². The van der Waals surface area contributed by atoms with Crippen LogP contribution in [0.25, 0.3) is 0 Å². The lowest BCUT2D eigenvalue weighted by Crippen LogP contribution is -2.53. The molecule has 3 rings (SSSR count). The zero-order chi connectivity index (χ0) is 29.4. The van der Waals surface area contributed by atoms with Crippen molar-refractivity contribution < 1.29 is 22.4 Å². The van der Waals surface area contributed by atoms with E-state index in [0.29, 0.717) is 6.54 Å². The fourth-order valence-electron chi connectivity index (χ4n) is 4.08. The lowest BCUT2D eigenvalue weighted by Gasteiger charge is -2.33. The van der Waals surface area contributed by atoms with Gasteiger partial charge < -0.3 is 10.2 Å². The maximum Gasteiger partial charge on any atom is 0.244 e. The lowest BCUT2D eigenvalue weighted by molar-refractivity contribution is -0.140. The van der Waals surface area contributed by atoms with E-state index in [1.807, 2.05) is 44.2 Å². The fourth-order valence-corrected chi connectivity index (χ4v) is 5.43. The zero-order valence-corrected chi connectivity index (χ0v) is 24.8. The lowest BCUT2D eigenvalue weighted by atomic mass is 10.0. The third kappa shape index (κ3) is 8.94. The van der Waals surface area contributed by atoms with Crippen LogP contribution < -0.4 is 9.62 Å². The second-order valence-electron chi connectivity index (χ2n) is 9.85. The third-order valence-electron chi connectivity index (χ3n) is 6.07. The summed E-state index contributed by atoms with van der Waals surface area (Å²) >= 11 is 12.2. The number of carbonyl (C=O) groups is 2. The third-order valence-corrected chi connectivity index (χ3v) is 7.65. The Labute approximate surface area is 244 Å². The van der Waals surface area contributed by atoms with Crippen LogP contribution in [0.15, 0.2) is 72.8 Å². The van der Waals surface area contributed by atoms with E-state index >= 15 is 0 Å². The van der Waals surface area contributed by atoms with Gasteiger partial charge in [0.1, 0.15) is 18.4 Å². The Bertz CT molecular complexity index is 1420. The number of hydrogen-bond acceptors (Lipinski definition) is 4. The van der Waals surface area contributed by atoms with Crippen molar-refractivity contribution in [2.24, 2.45) is 5.92 Å². The average molecular weight is 609 g/mol. The van der Waals surface area contributed by atoms with Crippen LogP contribution in [0.1, 0.15) is 25.0 Å². The van der Waals surface area contributed by atoms with Crippen LogP contribution in [0.5, 0.6) is 0 Å². The molecule has 0 spiro atoms. The van der Waals surface area contributed by atoms with Crippen molar-refractivity contribution in [3.8, 4) is 0 Å². The molecule has 0 heterocycles. The molecular weight excluding hydrogens is 576 g/mol. The van der Waals surface area contributed by atoms with E-state index in [2.05, 4.69) is 5.32 Å². The topological polar surface area (TPSA) is 86.8 Å². The van der Waals surface area contributed by atoms with Gasteiger partial charge in [0, 0.05) is 35.1 Å². The van der Waals surface area contributed by atoms with Gasteiger partial charge in [0.25, 0.3) is 0 Å². The summed E-state index contributed by atoms with van der Waals surface area (Å²) in [5.41, 5.74) is 1.05. The Hall–Kier alpha value is -3.14. The number of nitrogens with one attached hydrogen (secondary N) is 1. The summed E-state index contributed by atoms with van der Waals surface area (Å²) in [6, 6.07) is 18.2. The number of benzene rings is 3. The Kier molecular flexibility index (Phi) is 11.0. The first-order valence-electron chi connectivity index (χ1n) is 12.6. The number of halogens is 3. The molecule has 0 aromatic heterocycles. The monoisotopic (exact) mass is 607 g/mol. The number of nitrogens with zero attached hydrogens (tertiary/aromatic N) is 2. The van der Waals surface area contributed by atoms with Gasteiger partial charge in [0.2, 0.25) is 21.8 Å². The molecule has 0 bridgehead atoms. The average Bonchev–Trinajstić information content (AvgIpc) is 2.88. The van der Waals surface area contributed by atoms with E-state index in [1.54, 1.807) is 6.07 Å². The Morgan fingerprint density at radius 1 is 0.950 bits per heavy atom. The first-order valence-corrected chi connectivity index (χ1v) is 15.2. The maximum absolute atomic E-state index is 14.8. The molecule has 1 atom stereocenters. The van der Waals surface area contributed by atoms with Crippen molar-refractivity contribution in [1.82, 2.24) is 10.2 Å². The van der Waals surface area contributed by atoms with Crippen LogP contribution in [0.3, 0.4) is 0 Å². The first kappa shape index (κ1) is 31.4. The molecule has 0 aliphatic rings. The molecule has 1 unspecified atom stereocenters. The highest BCUT2D eigenvalue weighted by atomic mass is 35.5. The summed E-state index contributed by atoms with van der Waals surface area (Å²) in [7, 11) is -3.99. The van der Waals surface area contributed by atoms with Gasteiger partial charge in [-0.3, -0.25) is 13.9 Å². The number of rotatable bonds is 12. The summed E-state index contributed by atoms with van der Waals surface area (Å²) in [4.78, 5) is 28.8. The SMILES string of the molecule is CC(C)CNC(=O)C(Cc1ccccc1)N(Cc1ccccc1F)C(=O)CN(c1cc(Cl)cc(Cl)c1)S(C)(=O)=O. The fraction of sp³-hybridized carbons (Fsp3) is 0.310. The first-order chi connectivity index (χ1) is 18.8. The van der Waals surface area contributed by atoms with Gasteiger partial charge in [-0.05, 0) is 35.7 Å². The van der Waals surface area contributed by atoms with E-state index in [-0.39, 0.29) is 40.2 Å². The van der Waals surface area contributed by atoms with Crippen LogP contribution in [0.4, 0.5) is 10.1 Å². The van der Waals surface area contributed by atoms with Crippen molar-refractivity contribution in [3.05, 3.63) is 99.8 Å².